The standard InChI is InChI=1S/C17H16N2O3/c1-11-9-15(19-22-11)17(21)18-10-16(20)14-8-4-6-12-5-2-3-7-13(12)14/h2-9,16,20H,10H2,1H3,(H,18,21). The second kappa shape index (κ2) is 5.99. The number of carbonyl (C=O) groups is 1. The average molecular weight is 296 g/mol. The fourth-order valence-corrected chi connectivity index (χ4v) is 2.40. The highest BCUT2D eigenvalue weighted by Crippen LogP contribution is 2.23. The van der Waals surface area contributed by atoms with E-state index >= 15 is 0 Å². The van der Waals surface area contributed by atoms with Gasteiger partial charge in [0, 0.05) is 12.6 Å². The highest BCUT2D eigenvalue weighted by Gasteiger charge is 2.15. The lowest BCUT2D eigenvalue weighted by Gasteiger charge is -2.14. The third-order valence-electron chi connectivity index (χ3n) is 3.50. The predicted octanol–water partition coefficient (Wildman–Crippen LogP) is 2.60. The minimum atomic E-state index is -0.789. The number of amides is 1. The molecule has 1 aromatic heterocycles. The van der Waals surface area contributed by atoms with Crippen molar-refractivity contribution in [3.05, 3.63) is 65.5 Å². The van der Waals surface area contributed by atoms with Crippen LogP contribution in [-0.4, -0.2) is 22.7 Å². The lowest BCUT2D eigenvalue weighted by atomic mass is 10.0. The molecule has 5 nitrogen and oxygen atoms in total. The zero-order valence-corrected chi connectivity index (χ0v) is 12.1. The lowest BCUT2D eigenvalue weighted by molar-refractivity contribution is 0.0908. The molecule has 1 amide bonds. The van der Waals surface area contributed by atoms with E-state index in [-0.39, 0.29) is 18.1 Å². The molecule has 5 heteroatoms. The van der Waals surface area contributed by atoms with Crippen LogP contribution < -0.4 is 5.32 Å². The maximum atomic E-state index is 11.9. The smallest absolute Gasteiger partial charge is 0.273 e. The Hall–Kier alpha value is -2.66. The fraction of sp³-hybridized carbons (Fsp3) is 0.176. The van der Waals surface area contributed by atoms with Crippen LogP contribution in [0.3, 0.4) is 0 Å². The number of aromatic nitrogens is 1. The number of fused-ring (bicyclic) bond motifs is 1. The van der Waals surface area contributed by atoms with E-state index in [1.54, 1.807) is 13.0 Å². The molecule has 1 heterocycles. The molecule has 1 atom stereocenters. The van der Waals surface area contributed by atoms with Crippen molar-refractivity contribution in [2.24, 2.45) is 0 Å². The Bertz CT molecular complexity index is 805. The van der Waals surface area contributed by atoms with Gasteiger partial charge in [0.05, 0.1) is 6.10 Å². The number of nitrogens with one attached hydrogen (secondary N) is 1. The predicted molar refractivity (Wildman–Crippen MR) is 82.5 cm³/mol. The first-order chi connectivity index (χ1) is 10.6. The van der Waals surface area contributed by atoms with Crippen LogP contribution in [0, 0.1) is 6.92 Å². The van der Waals surface area contributed by atoms with Gasteiger partial charge in [0.15, 0.2) is 5.69 Å². The van der Waals surface area contributed by atoms with Crippen LogP contribution in [0.4, 0.5) is 0 Å². The Kier molecular flexibility index (Phi) is 3.89. The molecule has 0 radical (unpaired) electrons. The minimum absolute atomic E-state index is 0.110. The molecule has 3 rings (SSSR count). The maximum Gasteiger partial charge on any atom is 0.273 e. The monoisotopic (exact) mass is 296 g/mol. The molecule has 0 saturated carbocycles. The summed E-state index contributed by atoms with van der Waals surface area (Å²) in [6.45, 7) is 1.83. The van der Waals surface area contributed by atoms with Gasteiger partial charge in [-0.2, -0.15) is 0 Å². The van der Waals surface area contributed by atoms with Crippen LogP contribution in [-0.2, 0) is 0 Å². The number of rotatable bonds is 4. The second-order valence-corrected chi connectivity index (χ2v) is 5.12. The zero-order valence-electron chi connectivity index (χ0n) is 12.1. The van der Waals surface area contributed by atoms with E-state index in [0.29, 0.717) is 5.76 Å². The summed E-state index contributed by atoms with van der Waals surface area (Å²) in [6, 6.07) is 15.1. The molecule has 2 N–H and O–H groups in total. The number of aliphatic hydroxyl groups excluding tert-OH is 1. The number of aryl methyl sites for hydroxylation is 1. The molecule has 0 fully saturated rings. The second-order valence-electron chi connectivity index (χ2n) is 5.12. The third kappa shape index (κ3) is 2.84. The highest BCUT2D eigenvalue weighted by atomic mass is 16.5. The van der Waals surface area contributed by atoms with Crippen LogP contribution >= 0.6 is 0 Å². The minimum Gasteiger partial charge on any atom is -0.387 e. The van der Waals surface area contributed by atoms with Crippen LogP contribution in [0.2, 0.25) is 0 Å². The number of nitrogens with zero attached hydrogens (tertiary/aromatic N) is 1. The summed E-state index contributed by atoms with van der Waals surface area (Å²) >= 11 is 0. The normalized spacial score (nSPS) is 12.3. The van der Waals surface area contributed by atoms with Crippen molar-refractivity contribution in [3.8, 4) is 0 Å². The Labute approximate surface area is 127 Å². The number of hydrogen-bond acceptors (Lipinski definition) is 4. The number of benzene rings is 2. The SMILES string of the molecule is Cc1cc(C(=O)NCC(O)c2cccc3ccccc23)no1. The van der Waals surface area contributed by atoms with Crippen molar-refractivity contribution in [2.75, 3.05) is 6.54 Å². The molecule has 0 saturated heterocycles. The lowest BCUT2D eigenvalue weighted by Crippen LogP contribution is -2.28. The summed E-state index contributed by atoms with van der Waals surface area (Å²) in [5.41, 5.74) is 0.998. The number of carbonyl (C=O) groups excluding carboxylic acids is 1. The van der Waals surface area contributed by atoms with Gasteiger partial charge >= 0.3 is 0 Å². The Morgan fingerprint density at radius 2 is 2.05 bits per heavy atom. The Morgan fingerprint density at radius 3 is 2.82 bits per heavy atom. The van der Waals surface area contributed by atoms with Crippen molar-refractivity contribution in [1.29, 1.82) is 0 Å². The molecule has 1 unspecified atom stereocenters. The molecule has 2 aromatic carbocycles. The molecule has 0 aliphatic rings. The third-order valence-corrected chi connectivity index (χ3v) is 3.50. The maximum absolute atomic E-state index is 11.9. The van der Waals surface area contributed by atoms with Crippen molar-refractivity contribution in [2.45, 2.75) is 13.0 Å². The van der Waals surface area contributed by atoms with Gasteiger partial charge in [0.25, 0.3) is 5.91 Å². The first-order valence-electron chi connectivity index (χ1n) is 7.02. The van der Waals surface area contributed by atoms with Gasteiger partial charge in [-0.1, -0.05) is 47.6 Å². The van der Waals surface area contributed by atoms with Crippen LogP contribution in [0.1, 0.15) is 27.9 Å². The number of aliphatic hydroxyl groups is 1. The zero-order chi connectivity index (χ0) is 15.5. The molecule has 0 spiro atoms. The van der Waals surface area contributed by atoms with Gasteiger partial charge in [0.2, 0.25) is 0 Å². The first kappa shape index (κ1) is 14.3. The van der Waals surface area contributed by atoms with E-state index in [1.165, 1.54) is 0 Å². The molecule has 112 valence electrons. The molecule has 3 aromatic rings. The number of hydrogen-bond donors (Lipinski definition) is 2. The van der Waals surface area contributed by atoms with E-state index in [4.69, 9.17) is 4.52 Å². The van der Waals surface area contributed by atoms with Crippen molar-refractivity contribution in [1.82, 2.24) is 10.5 Å². The van der Waals surface area contributed by atoms with Gasteiger partial charge in [-0.3, -0.25) is 4.79 Å². The van der Waals surface area contributed by atoms with E-state index < -0.39 is 6.10 Å². The van der Waals surface area contributed by atoms with E-state index in [1.807, 2.05) is 42.5 Å². The average Bonchev–Trinajstić information content (AvgIpc) is 2.98. The van der Waals surface area contributed by atoms with Gasteiger partial charge < -0.3 is 14.9 Å². The van der Waals surface area contributed by atoms with Gasteiger partial charge in [-0.05, 0) is 23.3 Å². The van der Waals surface area contributed by atoms with E-state index in [9.17, 15) is 9.90 Å². The summed E-state index contributed by atoms with van der Waals surface area (Å²) in [4.78, 5) is 11.9. The quantitative estimate of drug-likeness (QED) is 0.776. The summed E-state index contributed by atoms with van der Waals surface area (Å²) in [7, 11) is 0. The summed E-state index contributed by atoms with van der Waals surface area (Å²) in [6.07, 6.45) is -0.789. The summed E-state index contributed by atoms with van der Waals surface area (Å²) in [5.74, 6) is 0.205. The topological polar surface area (TPSA) is 75.4 Å². The molecule has 0 bridgehead atoms. The van der Waals surface area contributed by atoms with E-state index in [0.717, 1.165) is 16.3 Å². The molecular formula is C17H16N2O3. The van der Waals surface area contributed by atoms with Crippen LogP contribution in [0.25, 0.3) is 10.8 Å². The van der Waals surface area contributed by atoms with E-state index in [2.05, 4.69) is 10.5 Å². The highest BCUT2D eigenvalue weighted by molar-refractivity contribution is 5.92. The van der Waals surface area contributed by atoms with Crippen molar-refractivity contribution < 1.29 is 14.4 Å². The molecular weight excluding hydrogens is 280 g/mol. The molecule has 0 aliphatic heterocycles. The van der Waals surface area contributed by atoms with Crippen LogP contribution in [0.5, 0.6) is 0 Å². The van der Waals surface area contributed by atoms with Crippen molar-refractivity contribution in [3.63, 3.8) is 0 Å². The Morgan fingerprint density at radius 1 is 1.27 bits per heavy atom. The summed E-state index contributed by atoms with van der Waals surface area (Å²) < 4.78 is 4.86. The van der Waals surface area contributed by atoms with Gasteiger partial charge in [-0.25, -0.2) is 0 Å². The van der Waals surface area contributed by atoms with Crippen LogP contribution in [0.15, 0.2) is 53.1 Å². The summed E-state index contributed by atoms with van der Waals surface area (Å²) in [5, 5.41) is 18.7. The molecule has 22 heavy (non-hydrogen) atoms. The first-order valence-corrected chi connectivity index (χ1v) is 7.02. The van der Waals surface area contributed by atoms with Gasteiger partial charge in [-0.15, -0.1) is 0 Å². The fourth-order valence-electron chi connectivity index (χ4n) is 2.40. The molecule has 0 aliphatic carbocycles. The largest absolute Gasteiger partial charge is 0.387 e. The van der Waals surface area contributed by atoms with Gasteiger partial charge in [0.1, 0.15) is 5.76 Å². The Balaban J connectivity index is 1.74. The van der Waals surface area contributed by atoms with Crippen molar-refractivity contribution >= 4 is 16.7 Å².